The van der Waals surface area contributed by atoms with E-state index >= 15 is 0 Å². The maximum absolute atomic E-state index is 12.8. The molecule has 1 atom stereocenters. The van der Waals surface area contributed by atoms with Crippen LogP contribution in [0, 0.1) is 5.92 Å². The number of aryl methyl sites for hydroxylation is 1. The van der Waals surface area contributed by atoms with Gasteiger partial charge in [0, 0.05) is 32.6 Å². The van der Waals surface area contributed by atoms with Crippen LogP contribution in [0.25, 0.3) is 10.9 Å². The van der Waals surface area contributed by atoms with E-state index in [-0.39, 0.29) is 16.9 Å². The van der Waals surface area contributed by atoms with Crippen LogP contribution in [0.5, 0.6) is 0 Å². The molecule has 2 fully saturated rings. The lowest BCUT2D eigenvalue weighted by atomic mass is 9.79. The SMILES string of the molecule is Cn1c(=O)n(CCC2CCOC3(CCCCCC3)C2)c(=O)c2cnccc21. The molecule has 3 heterocycles. The second-order valence-corrected chi connectivity index (χ2v) is 8.28. The molecule has 2 aromatic rings. The van der Waals surface area contributed by atoms with Gasteiger partial charge in [-0.15, -0.1) is 0 Å². The highest BCUT2D eigenvalue weighted by Gasteiger charge is 2.37. The molecule has 1 saturated heterocycles. The first-order valence-electron chi connectivity index (χ1n) is 10.3. The Bertz CT molecular complexity index is 922. The minimum absolute atomic E-state index is 0.0443. The van der Waals surface area contributed by atoms with Crippen LogP contribution < -0.4 is 11.2 Å². The van der Waals surface area contributed by atoms with Gasteiger partial charge in [-0.05, 0) is 44.1 Å². The van der Waals surface area contributed by atoms with Gasteiger partial charge in [0.05, 0.1) is 16.5 Å². The Labute approximate surface area is 159 Å². The summed E-state index contributed by atoms with van der Waals surface area (Å²) in [5.74, 6) is 0.512. The molecule has 4 rings (SSSR count). The molecule has 146 valence electrons. The maximum Gasteiger partial charge on any atom is 0.331 e. The highest BCUT2D eigenvalue weighted by molar-refractivity contribution is 5.76. The van der Waals surface area contributed by atoms with Crippen molar-refractivity contribution in [2.24, 2.45) is 13.0 Å². The summed E-state index contributed by atoms with van der Waals surface area (Å²) in [6.07, 6.45) is 13.6. The van der Waals surface area contributed by atoms with Gasteiger partial charge >= 0.3 is 5.69 Å². The van der Waals surface area contributed by atoms with Gasteiger partial charge in [-0.3, -0.25) is 18.9 Å². The van der Waals surface area contributed by atoms with Crippen molar-refractivity contribution in [2.45, 2.75) is 69.9 Å². The van der Waals surface area contributed by atoms with Crippen LogP contribution >= 0.6 is 0 Å². The molecule has 1 unspecified atom stereocenters. The molecule has 6 heteroatoms. The fourth-order valence-corrected chi connectivity index (χ4v) is 4.97. The number of aromatic nitrogens is 3. The zero-order valence-corrected chi connectivity index (χ0v) is 16.2. The highest BCUT2D eigenvalue weighted by Crippen LogP contribution is 2.40. The van der Waals surface area contributed by atoms with E-state index in [2.05, 4.69) is 4.98 Å². The smallest absolute Gasteiger partial charge is 0.331 e. The predicted octanol–water partition coefficient (Wildman–Crippen LogP) is 3.00. The van der Waals surface area contributed by atoms with Crippen LogP contribution in [0.15, 0.2) is 28.0 Å². The zero-order valence-electron chi connectivity index (χ0n) is 16.2. The van der Waals surface area contributed by atoms with Crippen molar-refractivity contribution in [1.82, 2.24) is 14.1 Å². The largest absolute Gasteiger partial charge is 0.375 e. The number of nitrogens with zero attached hydrogens (tertiary/aromatic N) is 3. The Morgan fingerprint density at radius 2 is 2.00 bits per heavy atom. The fourth-order valence-electron chi connectivity index (χ4n) is 4.97. The second-order valence-electron chi connectivity index (χ2n) is 8.28. The fraction of sp³-hybridized carbons (Fsp3) is 0.667. The van der Waals surface area contributed by atoms with Crippen LogP contribution in [0.3, 0.4) is 0 Å². The topological polar surface area (TPSA) is 66.1 Å². The van der Waals surface area contributed by atoms with E-state index in [1.54, 1.807) is 30.1 Å². The van der Waals surface area contributed by atoms with Crippen LogP contribution in [-0.4, -0.2) is 26.3 Å². The summed E-state index contributed by atoms with van der Waals surface area (Å²) in [6, 6.07) is 1.72. The molecule has 1 aliphatic heterocycles. The third kappa shape index (κ3) is 3.59. The molecule has 0 bridgehead atoms. The van der Waals surface area contributed by atoms with Crippen molar-refractivity contribution < 1.29 is 4.74 Å². The van der Waals surface area contributed by atoms with Crippen LogP contribution in [-0.2, 0) is 18.3 Å². The first-order valence-corrected chi connectivity index (χ1v) is 10.3. The minimum atomic E-state index is -0.241. The number of ether oxygens (including phenoxy) is 1. The van der Waals surface area contributed by atoms with Gasteiger partial charge in [0.2, 0.25) is 0 Å². The quantitative estimate of drug-likeness (QED) is 0.832. The standard InChI is InChI=1S/C21H29N3O3/c1-23-18-6-11-22-15-17(18)19(25)24(20(23)26)12-7-16-8-13-27-21(14-16)9-4-2-3-5-10-21/h6,11,15-16H,2-5,7-10,12-14H2,1H3. The summed E-state index contributed by atoms with van der Waals surface area (Å²) in [6.45, 7) is 1.27. The molecule has 27 heavy (non-hydrogen) atoms. The monoisotopic (exact) mass is 371 g/mol. The van der Waals surface area contributed by atoms with Crippen molar-refractivity contribution in [2.75, 3.05) is 6.61 Å². The molecule has 0 amide bonds. The average molecular weight is 371 g/mol. The summed E-state index contributed by atoms with van der Waals surface area (Å²) in [7, 11) is 1.72. The molecule has 0 radical (unpaired) electrons. The predicted molar refractivity (Wildman–Crippen MR) is 105 cm³/mol. The third-order valence-corrected chi connectivity index (χ3v) is 6.52. The molecule has 2 aliphatic rings. The zero-order chi connectivity index (χ0) is 18.9. The Morgan fingerprint density at radius 3 is 2.78 bits per heavy atom. The van der Waals surface area contributed by atoms with Gasteiger partial charge in [-0.2, -0.15) is 0 Å². The lowest BCUT2D eigenvalue weighted by Crippen LogP contribution is -2.42. The molecule has 1 aliphatic carbocycles. The normalized spacial score (nSPS) is 22.8. The lowest BCUT2D eigenvalue weighted by Gasteiger charge is -2.41. The number of hydrogen-bond donors (Lipinski definition) is 0. The molecule has 1 spiro atoms. The summed E-state index contributed by atoms with van der Waals surface area (Å²) in [4.78, 5) is 29.6. The molecule has 6 nitrogen and oxygen atoms in total. The van der Waals surface area contributed by atoms with Crippen LogP contribution in [0.1, 0.15) is 57.8 Å². The van der Waals surface area contributed by atoms with Crippen molar-refractivity contribution in [1.29, 1.82) is 0 Å². The first kappa shape index (κ1) is 18.4. The maximum atomic E-state index is 12.8. The molecular formula is C21H29N3O3. The minimum Gasteiger partial charge on any atom is -0.375 e. The van der Waals surface area contributed by atoms with E-state index in [1.807, 2.05) is 0 Å². The Kier molecular flexibility index (Phi) is 5.17. The molecular weight excluding hydrogens is 342 g/mol. The van der Waals surface area contributed by atoms with Gasteiger partial charge in [-0.25, -0.2) is 4.79 Å². The van der Waals surface area contributed by atoms with E-state index in [1.165, 1.54) is 30.3 Å². The Morgan fingerprint density at radius 1 is 1.22 bits per heavy atom. The molecule has 0 aromatic carbocycles. The molecule has 0 N–H and O–H groups in total. The van der Waals surface area contributed by atoms with Crippen molar-refractivity contribution in [3.05, 3.63) is 39.3 Å². The Hall–Kier alpha value is -1.95. The highest BCUT2D eigenvalue weighted by atomic mass is 16.5. The van der Waals surface area contributed by atoms with Crippen molar-refractivity contribution in [3.8, 4) is 0 Å². The summed E-state index contributed by atoms with van der Waals surface area (Å²) in [5.41, 5.74) is 0.218. The van der Waals surface area contributed by atoms with Crippen molar-refractivity contribution in [3.63, 3.8) is 0 Å². The molecule has 1 saturated carbocycles. The summed E-state index contributed by atoms with van der Waals surface area (Å²) < 4.78 is 9.19. The first-order chi connectivity index (χ1) is 13.1. The van der Waals surface area contributed by atoms with E-state index in [9.17, 15) is 9.59 Å². The Balaban J connectivity index is 1.53. The van der Waals surface area contributed by atoms with Gasteiger partial charge in [0.15, 0.2) is 0 Å². The summed E-state index contributed by atoms with van der Waals surface area (Å²) in [5, 5.41) is 0.506. The van der Waals surface area contributed by atoms with E-state index in [4.69, 9.17) is 4.74 Å². The van der Waals surface area contributed by atoms with Gasteiger partial charge in [0.1, 0.15) is 0 Å². The van der Waals surface area contributed by atoms with E-state index < -0.39 is 0 Å². The van der Waals surface area contributed by atoms with Gasteiger partial charge in [0.25, 0.3) is 5.56 Å². The van der Waals surface area contributed by atoms with Gasteiger partial charge in [-0.1, -0.05) is 25.7 Å². The lowest BCUT2D eigenvalue weighted by molar-refractivity contribution is -0.107. The van der Waals surface area contributed by atoms with E-state index in [0.717, 1.165) is 38.7 Å². The molecule has 2 aromatic heterocycles. The van der Waals surface area contributed by atoms with Crippen LogP contribution in [0.4, 0.5) is 0 Å². The van der Waals surface area contributed by atoms with Gasteiger partial charge < -0.3 is 4.74 Å². The number of pyridine rings is 1. The summed E-state index contributed by atoms with van der Waals surface area (Å²) >= 11 is 0. The number of hydrogen-bond acceptors (Lipinski definition) is 4. The third-order valence-electron chi connectivity index (χ3n) is 6.52. The van der Waals surface area contributed by atoms with Crippen molar-refractivity contribution >= 4 is 10.9 Å². The van der Waals surface area contributed by atoms with E-state index in [0.29, 0.717) is 23.4 Å². The number of rotatable bonds is 3. The van der Waals surface area contributed by atoms with Crippen LogP contribution in [0.2, 0.25) is 0 Å². The second kappa shape index (κ2) is 7.58. The number of fused-ring (bicyclic) bond motifs is 1. The average Bonchev–Trinajstić information content (AvgIpc) is 2.91.